The molecule has 0 radical (unpaired) electrons. The van der Waals surface area contributed by atoms with Gasteiger partial charge in [0.25, 0.3) is 0 Å². The molecule has 0 fully saturated rings. The van der Waals surface area contributed by atoms with Gasteiger partial charge in [-0.1, -0.05) is 17.7 Å². The molecule has 17 heavy (non-hydrogen) atoms. The minimum Gasteiger partial charge on any atom is -0.294 e. The lowest BCUT2D eigenvalue weighted by atomic mass is 9.94. The summed E-state index contributed by atoms with van der Waals surface area (Å²) in [6.45, 7) is 6.25. The Morgan fingerprint density at radius 2 is 1.82 bits per heavy atom. The van der Waals surface area contributed by atoms with E-state index in [9.17, 15) is 4.79 Å². The normalized spacial score (nSPS) is 10.5. The maximum atomic E-state index is 12.1. The molecule has 0 aliphatic heterocycles. The van der Waals surface area contributed by atoms with Crippen LogP contribution in [0.1, 0.15) is 32.6 Å². The molecule has 88 valence electrons. The average molecular weight is 244 g/mol. The Morgan fingerprint density at radius 1 is 1.18 bits per heavy atom. The summed E-state index contributed by atoms with van der Waals surface area (Å²) in [5.74, 6) is 0.210. The van der Waals surface area contributed by atoms with E-state index in [2.05, 4.69) is 32.9 Å². The smallest absolute Gasteiger partial charge is 0.168 e. The summed E-state index contributed by atoms with van der Waals surface area (Å²) in [6, 6.07) is 6.18. The van der Waals surface area contributed by atoms with Crippen molar-refractivity contribution in [3.05, 3.63) is 56.8 Å². The van der Waals surface area contributed by atoms with Crippen molar-refractivity contribution in [1.82, 2.24) is 0 Å². The van der Waals surface area contributed by atoms with Crippen LogP contribution in [0.25, 0.3) is 0 Å². The number of thiophene rings is 1. The molecule has 0 amide bonds. The van der Waals surface area contributed by atoms with Crippen LogP contribution in [-0.2, 0) is 6.42 Å². The summed E-state index contributed by atoms with van der Waals surface area (Å²) in [5, 5.41) is 3.86. The van der Waals surface area contributed by atoms with Crippen LogP contribution in [0.2, 0.25) is 0 Å². The fraction of sp³-hybridized carbons (Fsp3) is 0.267. The highest BCUT2D eigenvalue weighted by Crippen LogP contribution is 2.19. The van der Waals surface area contributed by atoms with Gasteiger partial charge in [0, 0.05) is 17.4 Å². The monoisotopic (exact) mass is 244 g/mol. The molecule has 1 aromatic carbocycles. The fourth-order valence-electron chi connectivity index (χ4n) is 2.17. The number of aryl methyl sites for hydroxylation is 3. The van der Waals surface area contributed by atoms with Crippen molar-refractivity contribution in [2.75, 3.05) is 0 Å². The third-order valence-corrected chi connectivity index (χ3v) is 3.70. The van der Waals surface area contributed by atoms with Gasteiger partial charge in [0.1, 0.15) is 0 Å². The van der Waals surface area contributed by atoms with Crippen LogP contribution in [-0.4, -0.2) is 5.78 Å². The van der Waals surface area contributed by atoms with Gasteiger partial charge in [0.2, 0.25) is 0 Å². The Balaban J connectivity index is 2.28. The van der Waals surface area contributed by atoms with Gasteiger partial charge in [0.05, 0.1) is 0 Å². The van der Waals surface area contributed by atoms with Crippen molar-refractivity contribution in [2.24, 2.45) is 0 Å². The fourth-order valence-corrected chi connectivity index (χ4v) is 2.83. The first kappa shape index (κ1) is 12.1. The maximum Gasteiger partial charge on any atom is 0.168 e. The summed E-state index contributed by atoms with van der Waals surface area (Å²) >= 11 is 1.57. The molecule has 1 nitrogen and oxygen atoms in total. The molecule has 1 aromatic heterocycles. The average Bonchev–Trinajstić information content (AvgIpc) is 2.76. The first-order valence-electron chi connectivity index (χ1n) is 5.70. The number of rotatable bonds is 3. The van der Waals surface area contributed by atoms with Gasteiger partial charge in [-0.2, -0.15) is 11.3 Å². The molecule has 2 rings (SSSR count). The number of hydrogen-bond donors (Lipinski definition) is 0. The first-order valence-corrected chi connectivity index (χ1v) is 6.64. The zero-order chi connectivity index (χ0) is 12.4. The standard InChI is InChI=1S/C15H16OS/c1-10-6-11(2)14(12(3)7-10)8-15(16)13-4-5-17-9-13/h4-7,9H,8H2,1-3H3. The van der Waals surface area contributed by atoms with Crippen molar-refractivity contribution in [3.8, 4) is 0 Å². The summed E-state index contributed by atoms with van der Waals surface area (Å²) < 4.78 is 0. The van der Waals surface area contributed by atoms with E-state index in [-0.39, 0.29) is 5.78 Å². The van der Waals surface area contributed by atoms with Crippen LogP contribution in [0, 0.1) is 20.8 Å². The van der Waals surface area contributed by atoms with Crippen molar-refractivity contribution in [1.29, 1.82) is 0 Å². The highest BCUT2D eigenvalue weighted by atomic mass is 32.1. The second kappa shape index (κ2) is 4.84. The topological polar surface area (TPSA) is 17.1 Å². The van der Waals surface area contributed by atoms with Crippen molar-refractivity contribution in [2.45, 2.75) is 27.2 Å². The summed E-state index contributed by atoms with van der Waals surface area (Å²) in [4.78, 5) is 12.1. The van der Waals surface area contributed by atoms with E-state index in [0.717, 1.165) is 5.56 Å². The van der Waals surface area contributed by atoms with Crippen LogP contribution in [0.5, 0.6) is 0 Å². The van der Waals surface area contributed by atoms with Gasteiger partial charge < -0.3 is 0 Å². The van der Waals surface area contributed by atoms with Gasteiger partial charge >= 0.3 is 0 Å². The number of hydrogen-bond acceptors (Lipinski definition) is 2. The molecule has 0 atom stereocenters. The van der Waals surface area contributed by atoms with Crippen LogP contribution in [0.15, 0.2) is 29.0 Å². The third-order valence-electron chi connectivity index (χ3n) is 3.02. The van der Waals surface area contributed by atoms with Crippen molar-refractivity contribution < 1.29 is 4.79 Å². The molecule has 0 saturated heterocycles. The largest absolute Gasteiger partial charge is 0.294 e. The van der Waals surface area contributed by atoms with Gasteiger partial charge in [-0.15, -0.1) is 0 Å². The second-order valence-electron chi connectivity index (χ2n) is 4.49. The number of benzene rings is 1. The quantitative estimate of drug-likeness (QED) is 0.743. The first-order chi connectivity index (χ1) is 8.08. The Labute approximate surface area is 106 Å². The summed E-state index contributed by atoms with van der Waals surface area (Å²) in [6.07, 6.45) is 0.509. The molecule has 0 aliphatic carbocycles. The van der Waals surface area contributed by atoms with Gasteiger partial charge in [-0.3, -0.25) is 4.79 Å². The van der Waals surface area contributed by atoms with Crippen LogP contribution in [0.3, 0.4) is 0 Å². The van der Waals surface area contributed by atoms with E-state index in [1.165, 1.54) is 22.3 Å². The third kappa shape index (κ3) is 2.64. The predicted octanol–water partition coefficient (Wildman–Crippen LogP) is 4.10. The second-order valence-corrected chi connectivity index (χ2v) is 5.27. The number of carbonyl (C=O) groups excluding carboxylic acids is 1. The molecule has 1 heterocycles. The van der Waals surface area contributed by atoms with Gasteiger partial charge in [-0.25, -0.2) is 0 Å². The van der Waals surface area contributed by atoms with E-state index < -0.39 is 0 Å². The molecule has 0 N–H and O–H groups in total. The SMILES string of the molecule is Cc1cc(C)c(CC(=O)c2ccsc2)c(C)c1. The van der Waals surface area contributed by atoms with E-state index in [4.69, 9.17) is 0 Å². The number of Topliss-reactive ketones (excluding diaryl/α,β-unsaturated/α-hetero) is 1. The lowest BCUT2D eigenvalue weighted by Crippen LogP contribution is -2.05. The molecule has 0 saturated carbocycles. The lowest BCUT2D eigenvalue weighted by molar-refractivity contribution is 0.0993. The highest BCUT2D eigenvalue weighted by molar-refractivity contribution is 7.08. The van der Waals surface area contributed by atoms with Crippen LogP contribution < -0.4 is 0 Å². The number of carbonyl (C=O) groups is 1. The number of ketones is 1. The van der Waals surface area contributed by atoms with Crippen molar-refractivity contribution >= 4 is 17.1 Å². The van der Waals surface area contributed by atoms with E-state index >= 15 is 0 Å². The van der Waals surface area contributed by atoms with Gasteiger partial charge in [-0.05, 0) is 48.9 Å². The van der Waals surface area contributed by atoms with E-state index in [0.29, 0.717) is 6.42 Å². The zero-order valence-corrected chi connectivity index (χ0v) is 11.2. The molecule has 0 aliphatic rings. The maximum absolute atomic E-state index is 12.1. The lowest BCUT2D eigenvalue weighted by Gasteiger charge is -2.10. The van der Waals surface area contributed by atoms with Crippen LogP contribution in [0.4, 0.5) is 0 Å². The molecule has 0 unspecified atom stereocenters. The van der Waals surface area contributed by atoms with Gasteiger partial charge in [0.15, 0.2) is 5.78 Å². The molecule has 0 bridgehead atoms. The molecule has 2 aromatic rings. The Morgan fingerprint density at radius 3 is 2.35 bits per heavy atom. The minimum absolute atomic E-state index is 0.210. The Kier molecular flexibility index (Phi) is 3.43. The zero-order valence-electron chi connectivity index (χ0n) is 10.4. The predicted molar refractivity (Wildman–Crippen MR) is 73.0 cm³/mol. The molecular formula is C15H16OS. The highest BCUT2D eigenvalue weighted by Gasteiger charge is 2.11. The Bertz CT molecular complexity index is 515. The molecular weight excluding hydrogens is 228 g/mol. The Hall–Kier alpha value is -1.41. The minimum atomic E-state index is 0.210. The molecule has 2 heteroatoms. The summed E-state index contributed by atoms with van der Waals surface area (Å²) in [7, 11) is 0. The van der Waals surface area contributed by atoms with Crippen LogP contribution >= 0.6 is 11.3 Å². The van der Waals surface area contributed by atoms with Crippen molar-refractivity contribution in [3.63, 3.8) is 0 Å². The summed E-state index contributed by atoms with van der Waals surface area (Å²) in [5.41, 5.74) is 5.69. The molecule has 0 spiro atoms. The van der Waals surface area contributed by atoms with E-state index in [1.807, 2.05) is 16.8 Å². The van der Waals surface area contributed by atoms with E-state index in [1.54, 1.807) is 11.3 Å².